The van der Waals surface area contributed by atoms with Crippen LogP contribution in [-0.2, 0) is 4.43 Å². The van der Waals surface area contributed by atoms with Crippen LogP contribution in [0.3, 0.4) is 0 Å². The second-order valence-electron chi connectivity index (χ2n) is 10.1. The van der Waals surface area contributed by atoms with Crippen molar-refractivity contribution < 1.29 is 8.84 Å². The quantitative estimate of drug-likeness (QED) is 0.323. The number of nitrogens with zero attached hydrogens (tertiary/aromatic N) is 1. The summed E-state index contributed by atoms with van der Waals surface area (Å²) in [5.74, 6) is 0.217. The monoisotopic (exact) mass is 467 g/mol. The Morgan fingerprint density at radius 1 is 1.00 bits per heavy atom. The van der Waals surface area contributed by atoms with Crippen molar-refractivity contribution in [3.63, 3.8) is 0 Å². The molecule has 0 aliphatic rings. The van der Waals surface area contributed by atoms with Gasteiger partial charge in [0.25, 0.3) is 0 Å². The third kappa shape index (κ3) is 6.03. The predicted molar refractivity (Wildman–Crippen MR) is 137 cm³/mol. The number of rotatable bonds is 9. The van der Waals surface area contributed by atoms with Crippen LogP contribution < -0.4 is 11.1 Å². The molecule has 7 heteroatoms. The summed E-state index contributed by atoms with van der Waals surface area (Å²) in [5, 5.41) is 9.74. The zero-order valence-corrected chi connectivity index (χ0v) is 21.9. The highest BCUT2D eigenvalue weighted by Gasteiger charge is 2.40. The molecular weight excluding hydrogens is 430 g/mol. The molecule has 3 aromatic rings. The van der Waals surface area contributed by atoms with E-state index in [1.54, 1.807) is 0 Å². The van der Waals surface area contributed by atoms with Gasteiger partial charge < -0.3 is 14.2 Å². The van der Waals surface area contributed by atoms with Gasteiger partial charge in [-0.05, 0) is 66.0 Å². The van der Waals surface area contributed by atoms with Crippen molar-refractivity contribution >= 4 is 19.7 Å². The lowest BCUT2D eigenvalue weighted by atomic mass is 9.91. The van der Waals surface area contributed by atoms with Gasteiger partial charge in [0.05, 0.1) is 6.10 Å². The highest BCUT2D eigenvalue weighted by Crippen LogP contribution is 2.43. The number of aromatic amines is 1. The van der Waals surface area contributed by atoms with E-state index in [0.717, 1.165) is 29.8 Å². The summed E-state index contributed by atoms with van der Waals surface area (Å²) >= 11 is 0. The minimum absolute atomic E-state index is 0.109. The molecule has 0 saturated heterocycles. The summed E-state index contributed by atoms with van der Waals surface area (Å²) in [6.07, 6.45) is 2.30. The van der Waals surface area contributed by atoms with Gasteiger partial charge in [-0.1, -0.05) is 59.6 Å². The van der Waals surface area contributed by atoms with Crippen molar-refractivity contribution in [1.29, 1.82) is 0 Å². The van der Waals surface area contributed by atoms with E-state index in [0.29, 0.717) is 5.92 Å². The number of benzene rings is 2. The van der Waals surface area contributed by atoms with Crippen LogP contribution in [0.5, 0.6) is 0 Å². The summed E-state index contributed by atoms with van der Waals surface area (Å²) in [5.41, 5.74) is 3.93. The van der Waals surface area contributed by atoms with E-state index < -0.39 is 14.1 Å². The predicted octanol–water partition coefficient (Wildman–Crippen LogP) is 7.27. The molecule has 0 spiro atoms. The molecule has 1 aromatic heterocycles. The van der Waals surface area contributed by atoms with Crippen LogP contribution in [0.4, 0.5) is 11.4 Å². The number of hydrogen-bond acceptors (Lipinski definition) is 5. The summed E-state index contributed by atoms with van der Waals surface area (Å²) in [7, 11) is -1.90. The molecule has 33 heavy (non-hydrogen) atoms. The zero-order valence-electron chi connectivity index (χ0n) is 20.9. The molecule has 0 aliphatic carbocycles. The van der Waals surface area contributed by atoms with Gasteiger partial charge >= 0.3 is 5.76 Å². The molecule has 0 fully saturated rings. The first-order valence-corrected chi connectivity index (χ1v) is 14.7. The van der Waals surface area contributed by atoms with Gasteiger partial charge in [0.1, 0.15) is 0 Å². The van der Waals surface area contributed by atoms with Crippen molar-refractivity contribution in [2.24, 2.45) is 5.92 Å². The molecule has 0 saturated carbocycles. The fourth-order valence-corrected chi connectivity index (χ4v) is 4.94. The lowest BCUT2D eigenvalue weighted by molar-refractivity contribution is 0.112. The zero-order chi connectivity index (χ0) is 24.2. The molecule has 0 amide bonds. The average Bonchev–Trinajstić information content (AvgIpc) is 3.20. The maximum atomic E-state index is 11.1. The van der Waals surface area contributed by atoms with Crippen LogP contribution in [0.2, 0.25) is 18.1 Å². The highest BCUT2D eigenvalue weighted by atomic mass is 28.4. The highest BCUT2D eigenvalue weighted by molar-refractivity contribution is 6.74. The molecule has 1 atom stereocenters. The Bertz CT molecular complexity index is 1080. The van der Waals surface area contributed by atoms with Crippen molar-refractivity contribution in [3.8, 4) is 11.5 Å². The summed E-state index contributed by atoms with van der Waals surface area (Å²) in [6.45, 7) is 16.0. The van der Waals surface area contributed by atoms with Crippen LogP contribution in [0.1, 0.15) is 59.1 Å². The van der Waals surface area contributed by atoms with Crippen LogP contribution in [0, 0.1) is 5.92 Å². The smallest absolute Gasteiger partial charge is 0.410 e. The summed E-state index contributed by atoms with van der Waals surface area (Å²) in [6, 6.07) is 16.2. The standard InChI is InChI=1S/C26H37N3O3Si/c1-8-18(9-2)23(32-33(6,7)26(3,4)5)19-10-14-21(15-11-19)27-22-16-12-20(13-17-22)24-28-29-25(30)31-24/h10-18,23,27H,8-9H2,1-7H3,(H,29,30). The first kappa shape index (κ1) is 25.0. The largest absolute Gasteiger partial charge is 0.434 e. The molecule has 6 nitrogen and oxygen atoms in total. The second kappa shape index (κ2) is 10.1. The van der Waals surface area contributed by atoms with Gasteiger partial charge in [0.2, 0.25) is 5.89 Å². The van der Waals surface area contributed by atoms with Crippen LogP contribution in [0.25, 0.3) is 11.5 Å². The van der Waals surface area contributed by atoms with Gasteiger partial charge in [-0.3, -0.25) is 0 Å². The van der Waals surface area contributed by atoms with Gasteiger partial charge in [0.15, 0.2) is 8.32 Å². The van der Waals surface area contributed by atoms with Crippen molar-refractivity contribution in [1.82, 2.24) is 10.2 Å². The molecule has 0 bridgehead atoms. The fourth-order valence-electron chi connectivity index (χ4n) is 3.62. The van der Waals surface area contributed by atoms with E-state index in [-0.39, 0.29) is 17.0 Å². The van der Waals surface area contributed by atoms with Crippen LogP contribution >= 0.6 is 0 Å². The Kier molecular flexibility index (Phi) is 7.64. The SMILES string of the molecule is CCC(CC)C(O[Si](C)(C)C(C)(C)C)c1ccc(Nc2ccc(-c3n[nH]c(=O)o3)cc2)cc1. The summed E-state index contributed by atoms with van der Waals surface area (Å²) < 4.78 is 11.9. The number of H-pyrrole nitrogens is 1. The average molecular weight is 468 g/mol. The lowest BCUT2D eigenvalue weighted by Crippen LogP contribution is -2.43. The fraction of sp³-hybridized carbons (Fsp3) is 0.462. The number of aromatic nitrogens is 2. The van der Waals surface area contributed by atoms with Gasteiger partial charge in [-0.2, -0.15) is 0 Å². The molecule has 2 N–H and O–H groups in total. The minimum Gasteiger partial charge on any atom is -0.410 e. The Balaban J connectivity index is 1.76. The van der Waals surface area contributed by atoms with Crippen LogP contribution in [-0.4, -0.2) is 18.5 Å². The van der Waals surface area contributed by atoms with Crippen molar-refractivity contribution in [2.75, 3.05) is 5.32 Å². The van der Waals surface area contributed by atoms with Crippen LogP contribution in [0.15, 0.2) is 57.7 Å². The molecule has 0 aliphatic heterocycles. The number of nitrogens with one attached hydrogen (secondary N) is 2. The lowest BCUT2D eigenvalue weighted by Gasteiger charge is -2.41. The van der Waals surface area contributed by atoms with E-state index in [1.165, 1.54) is 5.56 Å². The second-order valence-corrected chi connectivity index (χ2v) is 14.9. The Morgan fingerprint density at radius 2 is 1.55 bits per heavy atom. The molecule has 1 unspecified atom stereocenters. The topological polar surface area (TPSA) is 80.1 Å². The molecular formula is C26H37N3O3Si. The minimum atomic E-state index is -1.90. The van der Waals surface area contributed by atoms with E-state index in [2.05, 4.69) is 87.5 Å². The Labute approximate surface area is 197 Å². The summed E-state index contributed by atoms with van der Waals surface area (Å²) in [4.78, 5) is 11.1. The van der Waals surface area contributed by atoms with E-state index >= 15 is 0 Å². The third-order valence-corrected chi connectivity index (χ3v) is 11.3. The van der Waals surface area contributed by atoms with Gasteiger partial charge in [-0.25, -0.2) is 9.89 Å². The van der Waals surface area contributed by atoms with E-state index in [1.807, 2.05) is 24.3 Å². The molecule has 2 aromatic carbocycles. The normalized spacial score (nSPS) is 13.3. The first-order chi connectivity index (χ1) is 15.5. The number of anilines is 2. The maximum absolute atomic E-state index is 11.1. The van der Waals surface area contributed by atoms with Crippen molar-refractivity contribution in [3.05, 3.63) is 64.6 Å². The van der Waals surface area contributed by atoms with Crippen molar-refractivity contribution in [2.45, 2.75) is 71.7 Å². The Morgan fingerprint density at radius 3 is 2.00 bits per heavy atom. The molecule has 3 rings (SSSR count). The van der Waals surface area contributed by atoms with Gasteiger partial charge in [-0.15, -0.1) is 5.10 Å². The third-order valence-electron chi connectivity index (χ3n) is 6.80. The van der Waals surface area contributed by atoms with E-state index in [9.17, 15) is 4.79 Å². The number of hydrogen-bond donors (Lipinski definition) is 2. The Hall–Kier alpha value is -2.64. The molecule has 178 valence electrons. The maximum Gasteiger partial charge on any atom is 0.434 e. The molecule has 0 radical (unpaired) electrons. The van der Waals surface area contributed by atoms with Gasteiger partial charge in [0, 0.05) is 16.9 Å². The molecule has 1 heterocycles. The first-order valence-electron chi connectivity index (χ1n) is 11.7. The van der Waals surface area contributed by atoms with E-state index in [4.69, 9.17) is 8.84 Å².